The first-order chi connectivity index (χ1) is 10.1. The van der Waals surface area contributed by atoms with E-state index in [1.54, 1.807) is 35.7 Å². The number of hydrogen-bond donors (Lipinski definition) is 0. The van der Waals surface area contributed by atoms with Gasteiger partial charge in [-0.3, -0.25) is 0 Å². The van der Waals surface area contributed by atoms with Crippen LogP contribution in [0.3, 0.4) is 0 Å². The normalized spacial score (nSPS) is 21.0. The van der Waals surface area contributed by atoms with Crippen molar-refractivity contribution in [2.45, 2.75) is 17.4 Å². The molecule has 0 radical (unpaired) electrons. The van der Waals surface area contributed by atoms with Gasteiger partial charge in [0.05, 0.1) is 12.0 Å². The van der Waals surface area contributed by atoms with Crippen LogP contribution in [0.15, 0.2) is 59.5 Å². The number of nitrogens with zero attached hydrogens (tertiary/aromatic N) is 1. The summed E-state index contributed by atoms with van der Waals surface area (Å²) >= 11 is 0. The second-order valence-corrected chi connectivity index (χ2v) is 6.98. The molecular weight excluding hydrogens is 286 g/mol. The number of benzene rings is 2. The van der Waals surface area contributed by atoms with E-state index in [1.807, 2.05) is 30.3 Å². The van der Waals surface area contributed by atoms with Crippen LogP contribution in [0, 0.1) is 0 Å². The molecule has 0 aromatic heterocycles. The summed E-state index contributed by atoms with van der Waals surface area (Å²) in [5.41, 5.74) is 1.16. The highest BCUT2D eigenvalue weighted by Gasteiger charge is 2.44. The van der Waals surface area contributed by atoms with Gasteiger partial charge in [0.2, 0.25) is 10.0 Å². The van der Waals surface area contributed by atoms with Crippen LogP contribution >= 0.6 is 0 Å². The molecule has 0 amide bonds. The predicted molar refractivity (Wildman–Crippen MR) is 80.8 cm³/mol. The largest absolute Gasteiger partial charge is 0.497 e. The van der Waals surface area contributed by atoms with Crippen LogP contribution in [0.5, 0.6) is 5.75 Å². The van der Waals surface area contributed by atoms with Crippen molar-refractivity contribution >= 4 is 10.0 Å². The highest BCUT2D eigenvalue weighted by molar-refractivity contribution is 7.89. The van der Waals surface area contributed by atoms with Gasteiger partial charge in [-0.05, 0) is 36.2 Å². The van der Waals surface area contributed by atoms with E-state index in [9.17, 15) is 8.42 Å². The van der Waals surface area contributed by atoms with E-state index < -0.39 is 10.0 Å². The predicted octanol–water partition coefficient (Wildman–Crippen LogP) is 2.31. The number of hydrogen-bond acceptors (Lipinski definition) is 3. The summed E-state index contributed by atoms with van der Waals surface area (Å²) in [6.07, 6.45) is 0.760. The lowest BCUT2D eigenvalue weighted by molar-refractivity contribution is 0.414. The Bertz CT molecular complexity index is 711. The van der Waals surface area contributed by atoms with Gasteiger partial charge in [0, 0.05) is 12.6 Å². The van der Waals surface area contributed by atoms with E-state index >= 15 is 0 Å². The van der Waals surface area contributed by atoms with Gasteiger partial charge >= 0.3 is 0 Å². The molecule has 0 saturated carbocycles. The van der Waals surface area contributed by atoms with E-state index in [-0.39, 0.29) is 6.04 Å². The average molecular weight is 303 g/mol. The molecule has 0 spiro atoms. The zero-order valence-corrected chi connectivity index (χ0v) is 12.6. The summed E-state index contributed by atoms with van der Waals surface area (Å²) in [7, 11) is -1.82. The monoisotopic (exact) mass is 303 g/mol. The Hall–Kier alpha value is -1.85. The summed E-state index contributed by atoms with van der Waals surface area (Å²) in [6.45, 7) is 0.587. The first-order valence-corrected chi connectivity index (χ1v) is 8.25. The van der Waals surface area contributed by atoms with Gasteiger partial charge in [0.15, 0.2) is 0 Å². The van der Waals surface area contributed by atoms with E-state index in [4.69, 9.17) is 4.74 Å². The third-order valence-corrected chi connectivity index (χ3v) is 5.58. The van der Waals surface area contributed by atoms with Gasteiger partial charge in [-0.25, -0.2) is 8.42 Å². The minimum atomic E-state index is -3.38. The molecule has 3 rings (SSSR count). The van der Waals surface area contributed by atoms with Crippen LogP contribution in [0.25, 0.3) is 0 Å². The topological polar surface area (TPSA) is 46.4 Å². The fraction of sp³-hybridized carbons (Fsp3) is 0.250. The molecule has 1 unspecified atom stereocenters. The van der Waals surface area contributed by atoms with E-state index in [0.29, 0.717) is 17.2 Å². The number of ether oxygens (including phenoxy) is 1. The van der Waals surface area contributed by atoms with Crippen LogP contribution < -0.4 is 4.74 Å². The molecule has 110 valence electrons. The van der Waals surface area contributed by atoms with Gasteiger partial charge in [0.25, 0.3) is 0 Å². The third kappa shape index (κ3) is 2.94. The molecule has 1 heterocycles. The molecule has 2 atom stereocenters. The fourth-order valence-corrected chi connectivity index (χ4v) is 3.98. The van der Waals surface area contributed by atoms with Crippen LogP contribution in [0.1, 0.15) is 5.56 Å². The SMILES string of the molecule is COc1ccc(S(=O)(=O)N2C[C@@H]2Cc2ccccc2)cc1. The Morgan fingerprint density at radius 1 is 1.10 bits per heavy atom. The highest BCUT2D eigenvalue weighted by Crippen LogP contribution is 2.31. The van der Waals surface area contributed by atoms with Crippen molar-refractivity contribution < 1.29 is 13.2 Å². The van der Waals surface area contributed by atoms with Crippen molar-refractivity contribution in [3.63, 3.8) is 0 Å². The van der Waals surface area contributed by atoms with Crippen LogP contribution in [0.4, 0.5) is 0 Å². The van der Waals surface area contributed by atoms with Gasteiger partial charge < -0.3 is 4.74 Å². The molecule has 2 aromatic rings. The Kier molecular flexibility index (Phi) is 3.69. The number of rotatable bonds is 5. The van der Waals surface area contributed by atoms with Crippen molar-refractivity contribution in [2.24, 2.45) is 0 Å². The first-order valence-electron chi connectivity index (χ1n) is 6.81. The molecule has 5 heteroatoms. The van der Waals surface area contributed by atoms with Gasteiger partial charge in [-0.1, -0.05) is 30.3 Å². The standard InChI is InChI=1S/C16H17NO3S/c1-20-15-7-9-16(10-8-15)21(18,19)17-12-14(17)11-13-5-3-2-4-6-13/h2-10,14H,11-12H2,1H3/t14-,17?/m0/s1. The summed E-state index contributed by atoms with van der Waals surface area (Å²) in [6, 6.07) is 16.5. The lowest BCUT2D eigenvalue weighted by Gasteiger charge is -2.07. The minimum Gasteiger partial charge on any atom is -0.497 e. The maximum Gasteiger partial charge on any atom is 0.243 e. The summed E-state index contributed by atoms with van der Waals surface area (Å²) in [5, 5.41) is 0. The third-order valence-electron chi connectivity index (χ3n) is 3.64. The maximum absolute atomic E-state index is 12.5. The van der Waals surface area contributed by atoms with E-state index in [0.717, 1.165) is 12.0 Å². The number of methoxy groups -OCH3 is 1. The summed E-state index contributed by atoms with van der Waals surface area (Å²) in [4.78, 5) is 0.318. The quantitative estimate of drug-likeness (QED) is 0.796. The van der Waals surface area contributed by atoms with Gasteiger partial charge in [-0.2, -0.15) is 4.31 Å². The fourth-order valence-electron chi connectivity index (χ4n) is 2.39. The Morgan fingerprint density at radius 3 is 2.38 bits per heavy atom. The molecule has 2 aromatic carbocycles. The first kappa shape index (κ1) is 14.1. The second kappa shape index (κ2) is 5.50. The molecule has 21 heavy (non-hydrogen) atoms. The molecule has 0 N–H and O–H groups in total. The van der Waals surface area contributed by atoms with Crippen molar-refractivity contribution in [1.29, 1.82) is 0 Å². The van der Waals surface area contributed by atoms with Crippen LogP contribution in [0.2, 0.25) is 0 Å². The summed E-state index contributed by atoms with van der Waals surface area (Å²) in [5.74, 6) is 0.653. The zero-order chi connectivity index (χ0) is 14.9. The average Bonchev–Trinajstić information content (AvgIpc) is 3.28. The van der Waals surface area contributed by atoms with Crippen molar-refractivity contribution in [3.8, 4) is 5.75 Å². The van der Waals surface area contributed by atoms with Crippen LogP contribution in [-0.4, -0.2) is 32.4 Å². The second-order valence-electron chi connectivity index (χ2n) is 5.09. The molecule has 0 bridgehead atoms. The zero-order valence-electron chi connectivity index (χ0n) is 11.8. The van der Waals surface area contributed by atoms with Crippen molar-refractivity contribution in [2.75, 3.05) is 13.7 Å². The van der Waals surface area contributed by atoms with Gasteiger partial charge in [-0.15, -0.1) is 0 Å². The van der Waals surface area contributed by atoms with Crippen molar-refractivity contribution in [1.82, 2.24) is 4.31 Å². The van der Waals surface area contributed by atoms with Crippen molar-refractivity contribution in [3.05, 3.63) is 60.2 Å². The van der Waals surface area contributed by atoms with E-state index in [2.05, 4.69) is 0 Å². The molecule has 4 nitrogen and oxygen atoms in total. The van der Waals surface area contributed by atoms with Gasteiger partial charge in [0.1, 0.15) is 5.75 Å². The lowest BCUT2D eigenvalue weighted by Crippen LogP contribution is -2.15. The molecule has 1 saturated heterocycles. The molecule has 1 aliphatic rings. The van der Waals surface area contributed by atoms with E-state index in [1.165, 1.54) is 0 Å². The molecule has 1 aliphatic heterocycles. The Balaban J connectivity index is 1.72. The lowest BCUT2D eigenvalue weighted by atomic mass is 10.1. The van der Waals surface area contributed by atoms with Crippen LogP contribution in [-0.2, 0) is 16.4 Å². The Morgan fingerprint density at radius 2 is 1.76 bits per heavy atom. The molecule has 0 aliphatic carbocycles. The molecular formula is C16H17NO3S. The summed E-state index contributed by atoms with van der Waals surface area (Å²) < 4.78 is 31.6. The maximum atomic E-state index is 12.5. The smallest absolute Gasteiger partial charge is 0.243 e. The Labute approximate surface area is 125 Å². The highest BCUT2D eigenvalue weighted by atomic mass is 32.2. The number of sulfonamides is 1. The minimum absolute atomic E-state index is 0.0690. The molecule has 1 fully saturated rings.